The lowest BCUT2D eigenvalue weighted by molar-refractivity contribution is -0.153. The predicted octanol–water partition coefficient (Wildman–Crippen LogP) is -1.35. The Kier molecular flexibility index (Phi) is 5.37. The Balaban J connectivity index is 2.62. The first kappa shape index (κ1) is 13.9. The van der Waals surface area contributed by atoms with Crippen LogP contribution in [0, 0.1) is 0 Å². The molecule has 0 spiro atoms. The molecule has 1 rings (SSSR count). The van der Waals surface area contributed by atoms with Crippen LogP contribution in [-0.4, -0.2) is 72.1 Å². The Labute approximate surface area is 102 Å². The highest BCUT2D eigenvalue weighted by Gasteiger charge is 2.28. The highest BCUT2D eigenvalue weighted by atomic mass is 16.3. The molecule has 2 amide bonds. The van der Waals surface area contributed by atoms with Gasteiger partial charge >= 0.3 is 11.8 Å². The van der Waals surface area contributed by atoms with Gasteiger partial charge in [0, 0.05) is 38.8 Å². The summed E-state index contributed by atoms with van der Waals surface area (Å²) in [5.41, 5.74) is 0. The van der Waals surface area contributed by atoms with Crippen molar-refractivity contribution in [3.05, 3.63) is 0 Å². The molecule has 0 aromatic carbocycles. The smallest absolute Gasteiger partial charge is 0.312 e. The molecule has 0 aromatic heterocycles. The van der Waals surface area contributed by atoms with Crippen LogP contribution >= 0.6 is 0 Å². The number of piperazine rings is 1. The highest BCUT2D eigenvalue weighted by Crippen LogP contribution is 2.03. The average molecular weight is 243 g/mol. The van der Waals surface area contributed by atoms with Crippen molar-refractivity contribution >= 4 is 11.8 Å². The van der Waals surface area contributed by atoms with Gasteiger partial charge in [-0.2, -0.15) is 0 Å². The molecule has 1 fully saturated rings. The van der Waals surface area contributed by atoms with Crippen molar-refractivity contribution in [1.82, 2.24) is 15.1 Å². The van der Waals surface area contributed by atoms with Crippen molar-refractivity contribution in [2.75, 3.05) is 39.3 Å². The molecule has 1 aliphatic rings. The van der Waals surface area contributed by atoms with Crippen LogP contribution in [0.2, 0.25) is 0 Å². The molecule has 2 N–H and O–H groups in total. The molecular formula is C11H21N3O3. The van der Waals surface area contributed by atoms with E-state index < -0.39 is 11.8 Å². The van der Waals surface area contributed by atoms with E-state index in [1.807, 2.05) is 13.8 Å². The lowest BCUT2D eigenvalue weighted by atomic mass is 10.2. The molecule has 0 aliphatic carbocycles. The minimum Gasteiger partial charge on any atom is -0.395 e. The summed E-state index contributed by atoms with van der Waals surface area (Å²) in [5.74, 6) is -0.982. The quantitative estimate of drug-likeness (QED) is 0.601. The minimum atomic E-state index is -0.518. The van der Waals surface area contributed by atoms with Crippen LogP contribution in [0.15, 0.2) is 0 Å². The largest absolute Gasteiger partial charge is 0.395 e. The summed E-state index contributed by atoms with van der Waals surface area (Å²) in [6.07, 6.45) is 0. The van der Waals surface area contributed by atoms with Crippen LogP contribution in [0.5, 0.6) is 0 Å². The highest BCUT2D eigenvalue weighted by molar-refractivity contribution is 6.35. The first-order valence-electron chi connectivity index (χ1n) is 5.99. The second-order valence-electron chi connectivity index (χ2n) is 4.36. The van der Waals surface area contributed by atoms with E-state index in [4.69, 9.17) is 5.11 Å². The van der Waals surface area contributed by atoms with Gasteiger partial charge in [0.15, 0.2) is 0 Å². The average Bonchev–Trinajstić information content (AvgIpc) is 2.35. The van der Waals surface area contributed by atoms with Crippen LogP contribution in [0.1, 0.15) is 13.8 Å². The molecule has 1 aliphatic heterocycles. The normalized spacial score (nSPS) is 16.1. The Bertz CT molecular complexity index is 275. The van der Waals surface area contributed by atoms with Gasteiger partial charge in [0.05, 0.1) is 6.61 Å². The molecule has 0 atom stereocenters. The number of nitrogens with zero attached hydrogens (tertiary/aromatic N) is 2. The predicted molar refractivity (Wildman–Crippen MR) is 63.4 cm³/mol. The number of hydrogen-bond donors (Lipinski definition) is 2. The molecule has 98 valence electrons. The molecule has 6 nitrogen and oxygen atoms in total. The summed E-state index contributed by atoms with van der Waals surface area (Å²) in [5, 5.41) is 12.0. The minimum absolute atomic E-state index is 0.0819. The number of hydrogen-bond acceptors (Lipinski definition) is 4. The van der Waals surface area contributed by atoms with Crippen molar-refractivity contribution in [2.24, 2.45) is 0 Å². The maximum absolute atomic E-state index is 12.0. The maximum atomic E-state index is 12.0. The monoisotopic (exact) mass is 243 g/mol. The van der Waals surface area contributed by atoms with E-state index in [0.29, 0.717) is 13.1 Å². The van der Waals surface area contributed by atoms with Gasteiger partial charge in [-0.3, -0.25) is 9.59 Å². The maximum Gasteiger partial charge on any atom is 0.312 e. The number of rotatable bonds is 3. The molecule has 0 unspecified atom stereocenters. The standard InChI is InChI=1S/C11H21N3O3/c1-9(2)14(7-8-15)11(17)10(16)13-5-3-12-4-6-13/h9,12,15H,3-8H2,1-2H3. The zero-order chi connectivity index (χ0) is 12.8. The van der Waals surface area contributed by atoms with Crippen LogP contribution in [-0.2, 0) is 9.59 Å². The van der Waals surface area contributed by atoms with Gasteiger partial charge < -0.3 is 20.2 Å². The van der Waals surface area contributed by atoms with E-state index in [9.17, 15) is 9.59 Å². The Hall–Kier alpha value is -1.14. The Morgan fingerprint density at radius 3 is 2.41 bits per heavy atom. The number of amides is 2. The van der Waals surface area contributed by atoms with E-state index in [1.165, 1.54) is 4.90 Å². The fourth-order valence-electron chi connectivity index (χ4n) is 1.83. The zero-order valence-corrected chi connectivity index (χ0v) is 10.5. The lowest BCUT2D eigenvalue weighted by Crippen LogP contribution is -2.53. The number of aliphatic hydroxyl groups is 1. The van der Waals surface area contributed by atoms with Crippen LogP contribution in [0.4, 0.5) is 0 Å². The van der Waals surface area contributed by atoms with Crippen LogP contribution in [0.25, 0.3) is 0 Å². The summed E-state index contributed by atoms with van der Waals surface area (Å²) in [6.45, 7) is 6.32. The second-order valence-corrected chi connectivity index (χ2v) is 4.36. The Morgan fingerprint density at radius 1 is 1.35 bits per heavy atom. The van der Waals surface area contributed by atoms with Gasteiger partial charge in [-0.1, -0.05) is 0 Å². The number of nitrogens with one attached hydrogen (secondary N) is 1. The molecule has 1 heterocycles. The summed E-state index contributed by atoms with van der Waals surface area (Å²) in [7, 11) is 0. The fourth-order valence-corrected chi connectivity index (χ4v) is 1.83. The lowest BCUT2D eigenvalue weighted by Gasteiger charge is -2.31. The van der Waals surface area contributed by atoms with Crippen LogP contribution < -0.4 is 5.32 Å². The molecule has 0 bridgehead atoms. The van der Waals surface area contributed by atoms with E-state index in [2.05, 4.69) is 5.32 Å². The van der Waals surface area contributed by atoms with E-state index in [-0.39, 0.29) is 19.2 Å². The van der Waals surface area contributed by atoms with Gasteiger partial charge in [-0.15, -0.1) is 0 Å². The molecule has 0 radical (unpaired) electrons. The zero-order valence-electron chi connectivity index (χ0n) is 10.5. The third-order valence-electron chi connectivity index (χ3n) is 2.81. The molecule has 1 saturated heterocycles. The SMILES string of the molecule is CC(C)N(CCO)C(=O)C(=O)N1CCNCC1. The first-order chi connectivity index (χ1) is 8.07. The second kappa shape index (κ2) is 6.56. The summed E-state index contributed by atoms with van der Waals surface area (Å²) >= 11 is 0. The molecule has 0 aromatic rings. The Morgan fingerprint density at radius 2 is 1.94 bits per heavy atom. The third kappa shape index (κ3) is 3.67. The van der Waals surface area contributed by atoms with Crippen molar-refractivity contribution in [3.63, 3.8) is 0 Å². The number of carbonyl (C=O) groups excluding carboxylic acids is 2. The van der Waals surface area contributed by atoms with Crippen molar-refractivity contribution in [1.29, 1.82) is 0 Å². The van der Waals surface area contributed by atoms with Gasteiger partial charge in [0.1, 0.15) is 0 Å². The topological polar surface area (TPSA) is 72.9 Å². The van der Waals surface area contributed by atoms with Crippen molar-refractivity contribution in [2.45, 2.75) is 19.9 Å². The first-order valence-corrected chi connectivity index (χ1v) is 5.99. The van der Waals surface area contributed by atoms with Crippen molar-refractivity contribution in [3.8, 4) is 0 Å². The third-order valence-corrected chi connectivity index (χ3v) is 2.81. The van der Waals surface area contributed by atoms with Gasteiger partial charge in [0.25, 0.3) is 0 Å². The van der Waals surface area contributed by atoms with Gasteiger partial charge in [-0.25, -0.2) is 0 Å². The molecule has 17 heavy (non-hydrogen) atoms. The van der Waals surface area contributed by atoms with E-state index >= 15 is 0 Å². The van der Waals surface area contributed by atoms with Gasteiger partial charge in [0.2, 0.25) is 0 Å². The fraction of sp³-hybridized carbons (Fsp3) is 0.818. The van der Waals surface area contributed by atoms with Crippen molar-refractivity contribution < 1.29 is 14.7 Å². The molecule has 6 heteroatoms. The number of aliphatic hydroxyl groups excluding tert-OH is 1. The van der Waals surface area contributed by atoms with Crippen LogP contribution in [0.3, 0.4) is 0 Å². The summed E-state index contributed by atoms with van der Waals surface area (Å²) < 4.78 is 0. The summed E-state index contributed by atoms with van der Waals surface area (Å²) in [6, 6.07) is -0.0819. The summed E-state index contributed by atoms with van der Waals surface area (Å²) in [4.78, 5) is 26.9. The molecular weight excluding hydrogens is 222 g/mol. The van der Waals surface area contributed by atoms with Gasteiger partial charge in [-0.05, 0) is 13.8 Å². The van der Waals surface area contributed by atoms with E-state index in [1.54, 1.807) is 4.90 Å². The number of carbonyl (C=O) groups is 2. The molecule has 0 saturated carbocycles. The van der Waals surface area contributed by atoms with E-state index in [0.717, 1.165) is 13.1 Å².